The molecule has 0 saturated heterocycles. The van der Waals surface area contributed by atoms with E-state index in [4.69, 9.17) is 9.47 Å². The first-order valence-corrected chi connectivity index (χ1v) is 12.7. The smallest absolute Gasteiger partial charge is 0.252 e. The Morgan fingerprint density at radius 2 is 1.76 bits per heavy atom. The minimum atomic E-state index is -3.95. The van der Waals surface area contributed by atoms with Gasteiger partial charge >= 0.3 is 0 Å². The Balaban J connectivity index is 1.57. The molecule has 5 rings (SSSR count). The molecule has 4 aromatic rings. The molecule has 3 heterocycles. The molecule has 2 aromatic heterocycles. The summed E-state index contributed by atoms with van der Waals surface area (Å²) in [5, 5.41) is 0.721. The Morgan fingerprint density at radius 3 is 2.50 bits per heavy atom. The summed E-state index contributed by atoms with van der Waals surface area (Å²) in [7, 11) is -3.95. The lowest BCUT2D eigenvalue weighted by atomic mass is 10.1. The third-order valence-electron chi connectivity index (χ3n) is 5.47. The number of nitrogens with one attached hydrogen (secondary N) is 1. The van der Waals surface area contributed by atoms with Crippen LogP contribution in [0, 0.1) is 0 Å². The first kappa shape index (κ1) is 22.6. The van der Waals surface area contributed by atoms with Gasteiger partial charge in [-0.3, -0.25) is 9.78 Å². The molecule has 0 atom stereocenters. The standard InChI is InChI=1S/C24H20BrN3O5S/c25-19-5-1-2-6-23(19)34(30,31)28(14-16-4-3-7-26-13-16)15-18-10-17-11-21-22(33-9-8-32-21)12-20(17)27-24(18)29/h1-7,10-13H,8-9,14-15H2,(H,27,29). The number of nitrogens with zero attached hydrogens (tertiary/aromatic N) is 2. The topological polar surface area (TPSA) is 102 Å². The molecule has 1 aliphatic heterocycles. The first-order valence-electron chi connectivity index (χ1n) is 10.5. The van der Waals surface area contributed by atoms with Crippen LogP contribution in [0.25, 0.3) is 10.9 Å². The van der Waals surface area contributed by atoms with Crippen molar-refractivity contribution in [3.8, 4) is 11.5 Å². The second-order valence-corrected chi connectivity index (χ2v) is 10.5. The molecule has 0 aliphatic carbocycles. The summed E-state index contributed by atoms with van der Waals surface area (Å²) in [6.45, 7) is 0.809. The molecule has 34 heavy (non-hydrogen) atoms. The number of ether oxygens (including phenoxy) is 2. The van der Waals surface area contributed by atoms with Crippen molar-refractivity contribution >= 4 is 36.9 Å². The summed E-state index contributed by atoms with van der Waals surface area (Å²) < 4.78 is 40.3. The van der Waals surface area contributed by atoms with Crippen molar-refractivity contribution in [2.75, 3.05) is 13.2 Å². The second kappa shape index (κ2) is 9.21. The zero-order valence-corrected chi connectivity index (χ0v) is 20.3. The SMILES string of the molecule is O=c1[nH]c2cc3c(cc2cc1CN(Cc1cccnc1)S(=O)(=O)c1ccccc1Br)OCCO3. The van der Waals surface area contributed by atoms with E-state index in [0.717, 1.165) is 5.39 Å². The van der Waals surface area contributed by atoms with Crippen LogP contribution in [0.1, 0.15) is 11.1 Å². The number of fused-ring (bicyclic) bond motifs is 2. The number of halogens is 1. The molecule has 0 fully saturated rings. The van der Waals surface area contributed by atoms with Crippen LogP contribution in [0.3, 0.4) is 0 Å². The molecule has 2 aromatic carbocycles. The molecular formula is C24H20BrN3O5S. The Labute approximate surface area is 204 Å². The van der Waals surface area contributed by atoms with Gasteiger partial charge in [-0.2, -0.15) is 4.31 Å². The maximum Gasteiger partial charge on any atom is 0.252 e. The van der Waals surface area contributed by atoms with Crippen LogP contribution >= 0.6 is 15.9 Å². The second-order valence-electron chi connectivity index (χ2n) is 7.77. The minimum absolute atomic E-state index is 0.0517. The normalized spacial score (nSPS) is 13.4. The number of hydrogen-bond donors (Lipinski definition) is 1. The van der Waals surface area contributed by atoms with Gasteiger partial charge in [-0.1, -0.05) is 18.2 Å². The molecule has 0 amide bonds. The number of benzene rings is 2. The van der Waals surface area contributed by atoms with Gasteiger partial charge < -0.3 is 14.5 Å². The number of sulfonamides is 1. The summed E-state index contributed by atoms with van der Waals surface area (Å²) in [4.78, 5) is 20.0. The summed E-state index contributed by atoms with van der Waals surface area (Å²) in [6, 6.07) is 15.3. The van der Waals surface area contributed by atoms with Gasteiger partial charge in [0.1, 0.15) is 13.2 Å². The summed E-state index contributed by atoms with van der Waals surface area (Å²) in [5.41, 5.74) is 1.23. The molecule has 1 N–H and O–H groups in total. The van der Waals surface area contributed by atoms with E-state index in [1.54, 1.807) is 60.9 Å². The Hall–Kier alpha value is -3.21. The highest BCUT2D eigenvalue weighted by molar-refractivity contribution is 9.10. The van der Waals surface area contributed by atoms with Crippen LogP contribution in [0.15, 0.2) is 81.2 Å². The van der Waals surface area contributed by atoms with Crippen molar-refractivity contribution in [2.24, 2.45) is 0 Å². The quantitative estimate of drug-likeness (QED) is 0.397. The van der Waals surface area contributed by atoms with Crippen LogP contribution in [0.2, 0.25) is 0 Å². The monoisotopic (exact) mass is 541 g/mol. The van der Waals surface area contributed by atoms with Gasteiger partial charge in [0.15, 0.2) is 11.5 Å². The number of rotatable bonds is 6. The average molecular weight is 542 g/mol. The van der Waals surface area contributed by atoms with E-state index < -0.39 is 10.0 Å². The molecular weight excluding hydrogens is 522 g/mol. The van der Waals surface area contributed by atoms with E-state index in [1.165, 1.54) is 10.4 Å². The van der Waals surface area contributed by atoms with E-state index in [2.05, 4.69) is 25.9 Å². The van der Waals surface area contributed by atoms with E-state index in [0.29, 0.717) is 45.8 Å². The summed E-state index contributed by atoms with van der Waals surface area (Å²) in [6.07, 6.45) is 3.23. The van der Waals surface area contributed by atoms with Gasteiger partial charge in [-0.15, -0.1) is 0 Å². The molecule has 0 unspecified atom stereocenters. The van der Waals surface area contributed by atoms with Gasteiger partial charge in [-0.25, -0.2) is 8.42 Å². The van der Waals surface area contributed by atoms with Crippen molar-refractivity contribution in [2.45, 2.75) is 18.0 Å². The fraction of sp³-hybridized carbons (Fsp3) is 0.167. The highest BCUT2D eigenvalue weighted by Crippen LogP contribution is 2.34. The predicted molar refractivity (Wildman–Crippen MR) is 130 cm³/mol. The fourth-order valence-corrected chi connectivity index (χ4v) is 6.18. The van der Waals surface area contributed by atoms with E-state index in [1.807, 2.05) is 0 Å². The molecule has 174 valence electrons. The van der Waals surface area contributed by atoms with Gasteiger partial charge in [0.05, 0.1) is 10.4 Å². The van der Waals surface area contributed by atoms with Crippen LogP contribution in [0.5, 0.6) is 11.5 Å². The Morgan fingerprint density at radius 1 is 1.00 bits per heavy atom. The van der Waals surface area contributed by atoms with E-state index in [9.17, 15) is 13.2 Å². The lowest BCUT2D eigenvalue weighted by Crippen LogP contribution is -2.32. The highest BCUT2D eigenvalue weighted by atomic mass is 79.9. The molecule has 10 heteroatoms. The van der Waals surface area contributed by atoms with Gasteiger partial charge in [0, 0.05) is 47.0 Å². The summed E-state index contributed by atoms with van der Waals surface area (Å²) >= 11 is 3.34. The maximum atomic E-state index is 13.7. The number of aromatic amines is 1. The predicted octanol–water partition coefficient (Wildman–Crippen LogP) is 3.85. The molecule has 0 saturated carbocycles. The van der Waals surface area contributed by atoms with Crippen molar-refractivity contribution < 1.29 is 17.9 Å². The third kappa shape index (κ3) is 4.44. The Bertz CT molecular complexity index is 1520. The van der Waals surface area contributed by atoms with Crippen molar-refractivity contribution in [3.63, 3.8) is 0 Å². The molecule has 0 bridgehead atoms. The van der Waals surface area contributed by atoms with E-state index >= 15 is 0 Å². The first-order chi connectivity index (χ1) is 16.4. The van der Waals surface area contributed by atoms with Gasteiger partial charge in [0.2, 0.25) is 10.0 Å². The van der Waals surface area contributed by atoms with Gasteiger partial charge in [-0.05, 0) is 51.8 Å². The van der Waals surface area contributed by atoms with E-state index in [-0.39, 0.29) is 23.5 Å². The summed E-state index contributed by atoms with van der Waals surface area (Å²) in [5.74, 6) is 1.15. The van der Waals surface area contributed by atoms with Crippen molar-refractivity contribution in [1.82, 2.24) is 14.3 Å². The molecule has 0 radical (unpaired) electrons. The largest absolute Gasteiger partial charge is 0.486 e. The average Bonchev–Trinajstić information content (AvgIpc) is 2.83. The zero-order valence-electron chi connectivity index (χ0n) is 17.9. The number of H-pyrrole nitrogens is 1. The number of aromatic nitrogens is 2. The number of hydrogen-bond acceptors (Lipinski definition) is 6. The molecule has 0 spiro atoms. The van der Waals surface area contributed by atoms with Crippen molar-refractivity contribution in [3.05, 3.63) is 92.9 Å². The lowest BCUT2D eigenvalue weighted by Gasteiger charge is -2.23. The van der Waals surface area contributed by atoms with Crippen molar-refractivity contribution in [1.29, 1.82) is 0 Å². The highest BCUT2D eigenvalue weighted by Gasteiger charge is 2.28. The fourth-order valence-electron chi connectivity index (χ4n) is 3.81. The van der Waals surface area contributed by atoms with Crippen LogP contribution in [-0.2, 0) is 23.1 Å². The zero-order chi connectivity index (χ0) is 23.7. The number of pyridine rings is 2. The third-order valence-corrected chi connectivity index (χ3v) is 8.27. The van der Waals surface area contributed by atoms with Gasteiger partial charge in [0.25, 0.3) is 5.56 Å². The Kier molecular flexibility index (Phi) is 6.11. The molecule has 1 aliphatic rings. The minimum Gasteiger partial charge on any atom is -0.486 e. The molecule has 8 nitrogen and oxygen atoms in total. The lowest BCUT2D eigenvalue weighted by molar-refractivity contribution is 0.172. The van der Waals surface area contributed by atoms with Crippen LogP contribution in [0.4, 0.5) is 0 Å². The van der Waals surface area contributed by atoms with Crippen LogP contribution in [-0.4, -0.2) is 35.9 Å². The van der Waals surface area contributed by atoms with Crippen LogP contribution < -0.4 is 15.0 Å². The maximum absolute atomic E-state index is 13.7.